The molecule has 0 fully saturated rings. The Balaban J connectivity index is 3.46. The van der Waals surface area contributed by atoms with Crippen molar-refractivity contribution in [2.45, 2.75) is 26.4 Å². The van der Waals surface area contributed by atoms with Crippen molar-refractivity contribution in [3.8, 4) is 0 Å². The minimum Gasteiger partial charge on any atom is -0.377 e. The van der Waals surface area contributed by atoms with Crippen molar-refractivity contribution < 1.29 is 4.74 Å². The summed E-state index contributed by atoms with van der Waals surface area (Å²) in [6.07, 6.45) is 1.23. The Hall–Kier alpha value is -0.300. The van der Waals surface area contributed by atoms with Crippen molar-refractivity contribution >= 4 is 0 Å². The van der Waals surface area contributed by atoms with Crippen LogP contribution in [0.2, 0.25) is 0 Å². The Kier molecular flexibility index (Phi) is 3.53. The summed E-state index contributed by atoms with van der Waals surface area (Å²) in [4.78, 5) is 0. The molecule has 0 radical (unpaired) electrons. The van der Waals surface area contributed by atoms with E-state index in [1.54, 1.807) is 7.11 Å². The van der Waals surface area contributed by atoms with Gasteiger partial charge in [0.1, 0.15) is 0 Å². The Labute approximate surface area is 51.4 Å². The lowest BCUT2D eigenvalue weighted by molar-refractivity contribution is 0.145. The fraction of sp³-hybridized carbons (Fsp3) is 0.714. The van der Waals surface area contributed by atoms with Gasteiger partial charge in [-0.2, -0.15) is 0 Å². The van der Waals surface area contributed by atoms with Crippen molar-refractivity contribution in [2.24, 2.45) is 0 Å². The van der Waals surface area contributed by atoms with E-state index >= 15 is 0 Å². The molecule has 0 saturated heterocycles. The van der Waals surface area contributed by atoms with Crippen molar-refractivity contribution in [2.75, 3.05) is 7.11 Å². The van der Waals surface area contributed by atoms with Crippen LogP contribution in [-0.4, -0.2) is 13.2 Å². The molecule has 0 aliphatic heterocycles. The summed E-state index contributed by atoms with van der Waals surface area (Å²) in [6, 6.07) is 0. The van der Waals surface area contributed by atoms with Crippen LogP contribution in [0.1, 0.15) is 20.3 Å². The molecule has 1 heteroatoms. The second-order valence-electron chi connectivity index (χ2n) is 1.89. The lowest BCUT2D eigenvalue weighted by atomic mass is 10.1. The van der Waals surface area contributed by atoms with E-state index in [-0.39, 0.29) is 6.10 Å². The van der Waals surface area contributed by atoms with E-state index in [0.29, 0.717) is 0 Å². The molecule has 0 amide bonds. The van der Waals surface area contributed by atoms with Gasteiger partial charge >= 0.3 is 0 Å². The third kappa shape index (κ3) is 2.12. The zero-order valence-corrected chi connectivity index (χ0v) is 5.90. The van der Waals surface area contributed by atoms with Gasteiger partial charge in [0.25, 0.3) is 0 Å². The van der Waals surface area contributed by atoms with E-state index in [0.717, 1.165) is 12.0 Å². The topological polar surface area (TPSA) is 9.23 Å². The van der Waals surface area contributed by atoms with Gasteiger partial charge in [-0.3, -0.25) is 0 Å². The summed E-state index contributed by atoms with van der Waals surface area (Å²) >= 11 is 0. The first-order valence-electron chi connectivity index (χ1n) is 2.92. The lowest BCUT2D eigenvalue weighted by Gasteiger charge is -2.09. The largest absolute Gasteiger partial charge is 0.377 e. The normalized spacial score (nSPS) is 13.4. The molecule has 0 aliphatic carbocycles. The number of methoxy groups -OCH3 is 1. The Bertz CT molecular complexity index is 76.5. The maximum atomic E-state index is 5.00. The third-order valence-corrected chi connectivity index (χ3v) is 1.38. The average molecular weight is 114 g/mol. The minimum absolute atomic E-state index is 0.222. The molecular formula is C7H14O. The molecule has 1 unspecified atom stereocenters. The molecule has 0 heterocycles. The fourth-order valence-electron chi connectivity index (χ4n) is 0.454. The lowest BCUT2D eigenvalue weighted by Crippen LogP contribution is -2.06. The predicted octanol–water partition coefficient (Wildman–Crippen LogP) is 1.99. The van der Waals surface area contributed by atoms with E-state index in [2.05, 4.69) is 13.5 Å². The van der Waals surface area contributed by atoms with Gasteiger partial charge in [-0.25, -0.2) is 0 Å². The Morgan fingerprint density at radius 2 is 2.25 bits per heavy atom. The Morgan fingerprint density at radius 1 is 1.75 bits per heavy atom. The molecule has 0 bridgehead atoms. The second kappa shape index (κ2) is 3.67. The number of rotatable bonds is 3. The van der Waals surface area contributed by atoms with E-state index < -0.39 is 0 Å². The van der Waals surface area contributed by atoms with Crippen LogP contribution in [0.5, 0.6) is 0 Å². The maximum absolute atomic E-state index is 5.00. The minimum atomic E-state index is 0.222. The van der Waals surface area contributed by atoms with Crippen LogP contribution in [-0.2, 0) is 4.74 Å². The summed E-state index contributed by atoms with van der Waals surface area (Å²) in [5.41, 5.74) is 1.16. The van der Waals surface area contributed by atoms with Gasteiger partial charge in [-0.15, -0.1) is 0 Å². The van der Waals surface area contributed by atoms with E-state index in [1.807, 2.05) is 6.92 Å². The van der Waals surface area contributed by atoms with Gasteiger partial charge < -0.3 is 4.74 Å². The van der Waals surface area contributed by atoms with Crippen LogP contribution >= 0.6 is 0 Å². The van der Waals surface area contributed by atoms with E-state index in [1.165, 1.54) is 0 Å². The average Bonchev–Trinajstić information content (AvgIpc) is 1.84. The highest BCUT2D eigenvalue weighted by Crippen LogP contribution is 2.05. The molecule has 0 saturated carbocycles. The molecule has 0 N–H and O–H groups in total. The van der Waals surface area contributed by atoms with E-state index in [9.17, 15) is 0 Å². The van der Waals surface area contributed by atoms with Crippen molar-refractivity contribution in [1.29, 1.82) is 0 Å². The SMILES string of the molecule is C=C(CC)C(C)OC. The molecule has 0 spiro atoms. The van der Waals surface area contributed by atoms with Crippen LogP contribution in [0.25, 0.3) is 0 Å². The molecule has 0 rings (SSSR count). The quantitative estimate of drug-likeness (QED) is 0.510. The highest BCUT2D eigenvalue weighted by Gasteiger charge is 1.99. The summed E-state index contributed by atoms with van der Waals surface area (Å²) in [7, 11) is 1.70. The summed E-state index contributed by atoms with van der Waals surface area (Å²) in [5, 5.41) is 0. The summed E-state index contributed by atoms with van der Waals surface area (Å²) in [6.45, 7) is 7.91. The highest BCUT2D eigenvalue weighted by atomic mass is 16.5. The fourth-order valence-corrected chi connectivity index (χ4v) is 0.454. The molecule has 0 aliphatic rings. The predicted molar refractivity (Wildman–Crippen MR) is 35.9 cm³/mol. The monoisotopic (exact) mass is 114 g/mol. The first-order valence-corrected chi connectivity index (χ1v) is 2.92. The summed E-state index contributed by atoms with van der Waals surface area (Å²) < 4.78 is 5.00. The van der Waals surface area contributed by atoms with Crippen LogP contribution in [0, 0.1) is 0 Å². The van der Waals surface area contributed by atoms with Gasteiger partial charge in [0.05, 0.1) is 6.10 Å². The zero-order valence-electron chi connectivity index (χ0n) is 5.90. The number of hydrogen-bond donors (Lipinski definition) is 0. The van der Waals surface area contributed by atoms with Gasteiger partial charge in [0, 0.05) is 7.11 Å². The molecule has 1 atom stereocenters. The molecule has 0 aromatic heterocycles. The van der Waals surface area contributed by atoms with Gasteiger partial charge in [0.2, 0.25) is 0 Å². The smallest absolute Gasteiger partial charge is 0.0750 e. The maximum Gasteiger partial charge on any atom is 0.0750 e. The Morgan fingerprint density at radius 3 is 2.38 bits per heavy atom. The van der Waals surface area contributed by atoms with E-state index in [4.69, 9.17) is 4.74 Å². The van der Waals surface area contributed by atoms with Crippen molar-refractivity contribution in [3.05, 3.63) is 12.2 Å². The van der Waals surface area contributed by atoms with Gasteiger partial charge in [-0.05, 0) is 18.9 Å². The second-order valence-corrected chi connectivity index (χ2v) is 1.89. The van der Waals surface area contributed by atoms with Gasteiger partial charge in [0.15, 0.2) is 0 Å². The molecule has 1 nitrogen and oxygen atoms in total. The first kappa shape index (κ1) is 7.70. The first-order chi connectivity index (χ1) is 3.72. The number of hydrogen-bond acceptors (Lipinski definition) is 1. The third-order valence-electron chi connectivity index (χ3n) is 1.38. The molecular weight excluding hydrogens is 100 g/mol. The molecule has 48 valence electrons. The molecule has 0 aromatic rings. The van der Waals surface area contributed by atoms with Crippen LogP contribution < -0.4 is 0 Å². The zero-order chi connectivity index (χ0) is 6.57. The standard InChI is InChI=1S/C7H14O/c1-5-6(2)7(3)8-4/h7H,2,5H2,1,3-4H3. The van der Waals surface area contributed by atoms with Crippen molar-refractivity contribution in [1.82, 2.24) is 0 Å². The summed E-state index contributed by atoms with van der Waals surface area (Å²) in [5.74, 6) is 0. The highest BCUT2D eigenvalue weighted by molar-refractivity contribution is 4.98. The van der Waals surface area contributed by atoms with Crippen LogP contribution in [0.3, 0.4) is 0 Å². The van der Waals surface area contributed by atoms with Crippen molar-refractivity contribution in [3.63, 3.8) is 0 Å². The number of ether oxygens (including phenoxy) is 1. The van der Waals surface area contributed by atoms with Crippen LogP contribution in [0.15, 0.2) is 12.2 Å². The van der Waals surface area contributed by atoms with Gasteiger partial charge in [-0.1, -0.05) is 13.5 Å². The van der Waals surface area contributed by atoms with Crippen LogP contribution in [0.4, 0.5) is 0 Å². The molecule has 0 aromatic carbocycles. The molecule has 8 heavy (non-hydrogen) atoms.